The molecule has 0 saturated heterocycles. The quantitative estimate of drug-likeness (QED) is 0.395. The third kappa shape index (κ3) is 2.63. The fraction of sp³-hybridized carbons (Fsp3) is 1.00. The molecule has 0 atom stereocenters. The zero-order chi connectivity index (χ0) is 6.08. The summed E-state index contributed by atoms with van der Waals surface area (Å²) < 4.78 is 0. The van der Waals surface area contributed by atoms with Crippen molar-refractivity contribution in [3.05, 3.63) is 0 Å². The van der Waals surface area contributed by atoms with Crippen LogP contribution < -0.4 is 0 Å². The lowest BCUT2D eigenvalue weighted by atomic mass is 10.2. The van der Waals surface area contributed by atoms with Crippen molar-refractivity contribution >= 4 is 0 Å². The van der Waals surface area contributed by atoms with Crippen molar-refractivity contribution in [3.63, 3.8) is 0 Å². The van der Waals surface area contributed by atoms with Crippen LogP contribution in [-0.4, -0.2) is 10.7 Å². The van der Waals surface area contributed by atoms with Crippen LogP contribution in [0.1, 0.15) is 27.7 Å². The molecular formula is C6H14O. The van der Waals surface area contributed by atoms with E-state index in [-0.39, 0.29) is 0 Å². The van der Waals surface area contributed by atoms with Crippen LogP contribution in [0.2, 0.25) is 0 Å². The molecule has 0 aliphatic carbocycles. The van der Waals surface area contributed by atoms with Crippen molar-refractivity contribution in [2.45, 2.75) is 33.3 Å². The number of hydrogen-bond donors (Lipinski definition) is 1. The largest absolute Gasteiger partial charge is 0.390 e. The van der Waals surface area contributed by atoms with Crippen LogP contribution in [-0.2, 0) is 0 Å². The Labute approximate surface area is 45.4 Å². The first-order valence-corrected chi connectivity index (χ1v) is 2.67. The van der Waals surface area contributed by atoms with Crippen LogP contribution in [0.5, 0.6) is 0 Å². The van der Waals surface area contributed by atoms with Crippen LogP contribution in [0.4, 0.5) is 0 Å². The summed E-state index contributed by atoms with van der Waals surface area (Å²) in [6.45, 7) is 7.63. The highest BCUT2D eigenvalue weighted by molar-refractivity contribution is 4.67. The summed E-state index contributed by atoms with van der Waals surface area (Å²) in [6, 6.07) is 0. The molecule has 7 heavy (non-hydrogen) atoms. The van der Waals surface area contributed by atoms with Crippen LogP contribution in [0, 0.1) is 5.92 Å². The van der Waals surface area contributed by atoms with E-state index in [1.807, 2.05) is 27.7 Å². The topological polar surface area (TPSA) is 20.2 Å². The predicted molar refractivity (Wildman–Crippen MR) is 31.1 cm³/mol. The summed E-state index contributed by atoms with van der Waals surface area (Å²) in [5.74, 6) is 0.354. The average molecular weight is 105 g/mol. The van der Waals surface area contributed by atoms with Gasteiger partial charge in [0.05, 0.1) is 5.60 Å². The van der Waals surface area contributed by atoms with Crippen molar-refractivity contribution in [1.82, 2.24) is 0 Å². The Kier molecular flexibility index (Phi) is 1.82. The molecule has 0 aromatic heterocycles. The molecule has 1 heteroatoms. The predicted octanol–water partition coefficient (Wildman–Crippen LogP) is 1.41. The summed E-state index contributed by atoms with van der Waals surface area (Å²) >= 11 is 0. The SMILES string of the molecule is C[13CH](C)C(C)(C)[18OH]. The van der Waals surface area contributed by atoms with Crippen molar-refractivity contribution in [2.75, 3.05) is 0 Å². The molecule has 0 aromatic rings. The lowest BCUT2D eigenvalue weighted by Gasteiger charge is -2.21. The Morgan fingerprint density at radius 2 is 1.43 bits per heavy atom. The molecule has 0 amide bonds. The monoisotopic (exact) mass is 105 g/mol. The maximum atomic E-state index is 9.09. The van der Waals surface area contributed by atoms with Crippen LogP contribution >= 0.6 is 0 Å². The van der Waals surface area contributed by atoms with Gasteiger partial charge in [0.15, 0.2) is 0 Å². The first kappa shape index (κ1) is 6.96. The van der Waals surface area contributed by atoms with Crippen molar-refractivity contribution < 1.29 is 5.11 Å². The van der Waals surface area contributed by atoms with Gasteiger partial charge in [0.25, 0.3) is 0 Å². The van der Waals surface area contributed by atoms with Crippen LogP contribution in [0.25, 0.3) is 0 Å². The van der Waals surface area contributed by atoms with Gasteiger partial charge in [-0.05, 0) is 19.8 Å². The van der Waals surface area contributed by atoms with Gasteiger partial charge < -0.3 is 5.11 Å². The second-order valence-corrected chi connectivity index (χ2v) is 2.81. The summed E-state index contributed by atoms with van der Waals surface area (Å²) in [5.41, 5.74) is -0.500. The molecule has 0 aromatic carbocycles. The molecule has 0 spiro atoms. The number of hydrogen-bond acceptors (Lipinski definition) is 1. The van der Waals surface area contributed by atoms with Gasteiger partial charge in [-0.2, -0.15) is 0 Å². The second kappa shape index (κ2) is 1.83. The fourth-order valence-electron chi connectivity index (χ4n) is 0. The van der Waals surface area contributed by atoms with Crippen LogP contribution in [0.15, 0.2) is 0 Å². The van der Waals surface area contributed by atoms with Gasteiger partial charge in [0, 0.05) is 0 Å². The van der Waals surface area contributed by atoms with Gasteiger partial charge in [0.2, 0.25) is 0 Å². The third-order valence-electron chi connectivity index (χ3n) is 1.41. The Morgan fingerprint density at radius 3 is 1.43 bits per heavy atom. The minimum Gasteiger partial charge on any atom is -0.390 e. The van der Waals surface area contributed by atoms with Gasteiger partial charge in [-0.3, -0.25) is 0 Å². The zero-order valence-electron chi connectivity index (χ0n) is 5.52. The molecule has 0 aliphatic heterocycles. The van der Waals surface area contributed by atoms with E-state index in [2.05, 4.69) is 0 Å². The third-order valence-corrected chi connectivity index (χ3v) is 1.41. The van der Waals surface area contributed by atoms with Gasteiger partial charge in [-0.25, -0.2) is 0 Å². The molecule has 0 saturated carbocycles. The van der Waals surface area contributed by atoms with E-state index in [1.165, 1.54) is 0 Å². The maximum absolute atomic E-state index is 9.09. The van der Waals surface area contributed by atoms with Gasteiger partial charge >= 0.3 is 0 Å². The molecule has 0 fully saturated rings. The zero-order valence-corrected chi connectivity index (χ0v) is 5.52. The number of aliphatic hydroxyl groups is 1. The first-order valence-electron chi connectivity index (χ1n) is 2.67. The van der Waals surface area contributed by atoms with Gasteiger partial charge in [0.1, 0.15) is 0 Å². The molecule has 0 rings (SSSR count). The highest BCUT2D eigenvalue weighted by Crippen LogP contribution is 2.12. The van der Waals surface area contributed by atoms with Gasteiger partial charge in [-0.15, -0.1) is 0 Å². The fourth-order valence-corrected chi connectivity index (χ4v) is 0. The summed E-state index contributed by atoms with van der Waals surface area (Å²) in [6.07, 6.45) is 0. The molecule has 0 radical (unpaired) electrons. The lowest BCUT2D eigenvalue weighted by Crippen LogP contribution is -2.25. The number of rotatable bonds is 1. The molecule has 0 heterocycles. The highest BCUT2D eigenvalue weighted by Gasteiger charge is 2.16. The summed E-state index contributed by atoms with van der Waals surface area (Å²) in [7, 11) is 0. The molecule has 1 N–H and O–H groups in total. The first-order chi connectivity index (χ1) is 2.94. The van der Waals surface area contributed by atoms with Gasteiger partial charge in [-0.1, -0.05) is 13.8 Å². The molecule has 0 aliphatic rings. The Bertz CT molecular complexity index is 49.7. The standard InChI is InChI=1S/C6H14O/c1-5(2)6(3,4)7/h5,7H,1-4H3/i5+1,7+2. The molecule has 0 bridgehead atoms. The van der Waals surface area contributed by atoms with E-state index in [9.17, 15) is 0 Å². The van der Waals surface area contributed by atoms with Crippen molar-refractivity contribution in [1.29, 1.82) is 0 Å². The highest BCUT2D eigenvalue weighted by atomic mass is 18.2. The minimum atomic E-state index is -0.500. The Balaban J connectivity index is 3.54. The van der Waals surface area contributed by atoms with E-state index in [0.717, 1.165) is 0 Å². The smallest absolute Gasteiger partial charge is 0.0614 e. The Morgan fingerprint density at radius 1 is 1.29 bits per heavy atom. The van der Waals surface area contributed by atoms with Crippen molar-refractivity contribution in [3.8, 4) is 0 Å². The molecule has 1 nitrogen and oxygen atoms in total. The second-order valence-electron chi connectivity index (χ2n) is 2.81. The average Bonchev–Trinajstić information content (AvgIpc) is 1.31. The normalized spacial score (nSPS) is 12.9. The summed E-state index contributed by atoms with van der Waals surface area (Å²) in [5, 5.41) is 9.09. The van der Waals surface area contributed by atoms with Crippen molar-refractivity contribution in [2.24, 2.45) is 5.92 Å². The molecule has 0 unspecified atom stereocenters. The summed E-state index contributed by atoms with van der Waals surface area (Å²) in [4.78, 5) is 0. The van der Waals surface area contributed by atoms with E-state index in [0.29, 0.717) is 5.92 Å². The lowest BCUT2D eigenvalue weighted by molar-refractivity contribution is 0.0327. The van der Waals surface area contributed by atoms with E-state index < -0.39 is 5.60 Å². The van der Waals surface area contributed by atoms with Crippen LogP contribution in [0.3, 0.4) is 0 Å². The van der Waals surface area contributed by atoms with E-state index in [4.69, 9.17) is 5.11 Å². The minimum absolute atomic E-state index is 0.354. The molecule has 44 valence electrons. The van der Waals surface area contributed by atoms with E-state index >= 15 is 0 Å². The maximum Gasteiger partial charge on any atom is 0.0614 e. The molecular weight excluding hydrogens is 91.1 g/mol. The van der Waals surface area contributed by atoms with E-state index in [1.54, 1.807) is 0 Å². The Hall–Kier alpha value is -0.0400.